The van der Waals surface area contributed by atoms with Gasteiger partial charge in [-0.05, 0) is 68.0 Å². The second kappa shape index (κ2) is 12.1. The number of hydrogen-bond acceptors (Lipinski definition) is 9. The third kappa shape index (κ3) is 6.60. The minimum Gasteiger partial charge on any atom is -0.493 e. The molecule has 0 atom stereocenters. The Morgan fingerprint density at radius 1 is 1.03 bits per heavy atom. The standard InChI is InChI=1S/C28H37N5O4/c1-18(34)37-26-24(35-4)14-20(15-25(26)36-5)17-29-16-19-10-12-21(13-11-19)30-28-31-23-9-7-6-8-22(23)27(32-28)33(2)3/h6-9,14-15,19,21,29H,10-13,16-17H2,1-5H3,(H,30,31,32)/t19-,21+. The van der Waals surface area contributed by atoms with Crippen LogP contribution in [0.3, 0.4) is 0 Å². The molecule has 0 spiro atoms. The molecule has 9 nitrogen and oxygen atoms in total. The number of fused-ring (bicyclic) bond motifs is 1. The SMILES string of the molecule is COc1cc(CNC[C@H]2CC[C@@H](Nc3nc(N(C)C)c4ccccc4n3)CC2)cc(OC)c1OC(C)=O. The Morgan fingerprint density at radius 2 is 1.70 bits per heavy atom. The number of para-hydroxylation sites is 1. The highest BCUT2D eigenvalue weighted by molar-refractivity contribution is 5.90. The number of hydrogen-bond donors (Lipinski definition) is 2. The Morgan fingerprint density at radius 3 is 2.32 bits per heavy atom. The highest BCUT2D eigenvalue weighted by Gasteiger charge is 2.22. The zero-order chi connectivity index (χ0) is 26.4. The molecule has 0 aliphatic heterocycles. The predicted molar refractivity (Wildman–Crippen MR) is 146 cm³/mol. The third-order valence-electron chi connectivity index (χ3n) is 6.72. The van der Waals surface area contributed by atoms with E-state index in [1.807, 2.05) is 49.3 Å². The van der Waals surface area contributed by atoms with E-state index >= 15 is 0 Å². The average molecular weight is 508 g/mol. The minimum absolute atomic E-state index is 0.306. The van der Waals surface area contributed by atoms with Gasteiger partial charge in [0, 0.05) is 39.0 Å². The van der Waals surface area contributed by atoms with Crippen LogP contribution in [0.1, 0.15) is 38.2 Å². The second-order valence-electron chi connectivity index (χ2n) is 9.70. The van der Waals surface area contributed by atoms with E-state index < -0.39 is 5.97 Å². The molecule has 1 fully saturated rings. The van der Waals surface area contributed by atoms with Gasteiger partial charge in [0.1, 0.15) is 5.82 Å². The maximum absolute atomic E-state index is 11.4. The van der Waals surface area contributed by atoms with Gasteiger partial charge in [0.05, 0.1) is 19.7 Å². The summed E-state index contributed by atoms with van der Waals surface area (Å²) in [5.41, 5.74) is 1.96. The number of methoxy groups -OCH3 is 2. The Balaban J connectivity index is 1.30. The molecule has 1 aliphatic rings. The summed E-state index contributed by atoms with van der Waals surface area (Å²) in [4.78, 5) is 23.0. The molecule has 37 heavy (non-hydrogen) atoms. The molecule has 4 rings (SSSR count). The van der Waals surface area contributed by atoms with Crippen molar-refractivity contribution in [1.29, 1.82) is 0 Å². The molecule has 1 aliphatic carbocycles. The molecule has 1 saturated carbocycles. The number of aromatic nitrogens is 2. The summed E-state index contributed by atoms with van der Waals surface area (Å²) in [6, 6.07) is 12.2. The molecule has 0 unspecified atom stereocenters. The Bertz CT molecular complexity index is 1200. The zero-order valence-corrected chi connectivity index (χ0v) is 22.3. The Hall–Kier alpha value is -3.59. The van der Waals surface area contributed by atoms with Crippen molar-refractivity contribution < 1.29 is 19.0 Å². The number of rotatable bonds is 10. The van der Waals surface area contributed by atoms with E-state index in [0.717, 1.165) is 54.5 Å². The average Bonchev–Trinajstić information content (AvgIpc) is 2.89. The molecule has 0 bridgehead atoms. The first-order chi connectivity index (χ1) is 17.9. The van der Waals surface area contributed by atoms with E-state index in [1.54, 1.807) is 14.2 Å². The van der Waals surface area contributed by atoms with Gasteiger partial charge in [-0.15, -0.1) is 0 Å². The van der Waals surface area contributed by atoms with Crippen LogP contribution in [0.25, 0.3) is 10.9 Å². The molecule has 2 aromatic carbocycles. The minimum atomic E-state index is -0.419. The van der Waals surface area contributed by atoms with Crippen LogP contribution in [0.2, 0.25) is 0 Å². The fraction of sp³-hybridized carbons (Fsp3) is 0.464. The summed E-state index contributed by atoms with van der Waals surface area (Å²) >= 11 is 0. The molecule has 0 radical (unpaired) electrons. The highest BCUT2D eigenvalue weighted by Crippen LogP contribution is 2.38. The number of carbonyl (C=O) groups is 1. The van der Waals surface area contributed by atoms with Crippen LogP contribution in [-0.2, 0) is 11.3 Å². The van der Waals surface area contributed by atoms with E-state index in [-0.39, 0.29) is 0 Å². The number of anilines is 2. The Kier molecular flexibility index (Phi) is 8.66. The van der Waals surface area contributed by atoms with Crippen molar-refractivity contribution in [3.05, 3.63) is 42.0 Å². The second-order valence-corrected chi connectivity index (χ2v) is 9.70. The summed E-state index contributed by atoms with van der Waals surface area (Å²) in [5, 5.41) is 8.21. The van der Waals surface area contributed by atoms with Gasteiger partial charge < -0.3 is 29.7 Å². The number of ether oxygens (including phenoxy) is 3. The number of nitrogens with zero attached hydrogens (tertiary/aromatic N) is 3. The fourth-order valence-corrected chi connectivity index (χ4v) is 4.86. The van der Waals surface area contributed by atoms with Crippen molar-refractivity contribution in [3.63, 3.8) is 0 Å². The molecule has 3 aromatic rings. The number of benzene rings is 2. The molecule has 0 amide bonds. The lowest BCUT2D eigenvalue weighted by atomic mass is 9.86. The van der Waals surface area contributed by atoms with Gasteiger partial charge >= 0.3 is 5.97 Å². The van der Waals surface area contributed by atoms with Crippen LogP contribution in [0.5, 0.6) is 17.2 Å². The lowest BCUT2D eigenvalue weighted by Gasteiger charge is -2.29. The van der Waals surface area contributed by atoms with Gasteiger partial charge in [0.15, 0.2) is 11.5 Å². The summed E-state index contributed by atoms with van der Waals surface area (Å²) in [7, 11) is 7.12. The molecule has 1 aromatic heterocycles. The lowest BCUT2D eigenvalue weighted by molar-refractivity contribution is -0.132. The van der Waals surface area contributed by atoms with Crippen LogP contribution in [0, 0.1) is 5.92 Å². The van der Waals surface area contributed by atoms with Gasteiger partial charge in [0.2, 0.25) is 11.7 Å². The molecule has 0 saturated heterocycles. The van der Waals surface area contributed by atoms with Crippen molar-refractivity contribution in [2.45, 2.75) is 45.2 Å². The molecule has 2 N–H and O–H groups in total. The highest BCUT2D eigenvalue weighted by atomic mass is 16.6. The molecule has 1 heterocycles. The maximum atomic E-state index is 11.4. The van der Waals surface area contributed by atoms with Gasteiger partial charge in [0.25, 0.3) is 0 Å². The van der Waals surface area contributed by atoms with Gasteiger partial charge in [-0.2, -0.15) is 4.98 Å². The van der Waals surface area contributed by atoms with Crippen LogP contribution in [0.15, 0.2) is 36.4 Å². The van der Waals surface area contributed by atoms with Crippen LogP contribution in [0.4, 0.5) is 11.8 Å². The quantitative estimate of drug-likeness (QED) is 0.306. The maximum Gasteiger partial charge on any atom is 0.308 e. The first kappa shape index (κ1) is 26.5. The van der Waals surface area contributed by atoms with Crippen molar-refractivity contribution in [1.82, 2.24) is 15.3 Å². The number of esters is 1. The summed E-state index contributed by atoms with van der Waals surface area (Å²) in [6.45, 7) is 2.96. The fourth-order valence-electron chi connectivity index (χ4n) is 4.86. The molecule has 198 valence electrons. The predicted octanol–water partition coefficient (Wildman–Crippen LogP) is 4.40. The van der Waals surface area contributed by atoms with Crippen LogP contribution < -0.4 is 29.7 Å². The van der Waals surface area contributed by atoms with Crippen molar-refractivity contribution in [3.8, 4) is 17.2 Å². The molecular weight excluding hydrogens is 470 g/mol. The van der Waals surface area contributed by atoms with Gasteiger partial charge in [-0.1, -0.05) is 12.1 Å². The van der Waals surface area contributed by atoms with E-state index in [9.17, 15) is 4.79 Å². The van der Waals surface area contributed by atoms with Gasteiger partial charge in [-0.25, -0.2) is 4.98 Å². The van der Waals surface area contributed by atoms with E-state index in [1.165, 1.54) is 6.92 Å². The molecule has 9 heteroatoms. The Labute approximate surface area is 218 Å². The van der Waals surface area contributed by atoms with E-state index in [2.05, 4.69) is 16.7 Å². The zero-order valence-electron chi connectivity index (χ0n) is 22.3. The van der Waals surface area contributed by atoms with Crippen molar-refractivity contribution in [2.75, 3.05) is 45.1 Å². The largest absolute Gasteiger partial charge is 0.493 e. The summed E-state index contributed by atoms with van der Waals surface area (Å²) < 4.78 is 16.1. The molecular formula is C28H37N5O4. The smallest absolute Gasteiger partial charge is 0.308 e. The summed E-state index contributed by atoms with van der Waals surface area (Å²) in [5.74, 6) is 3.08. The number of nitrogens with one attached hydrogen (secondary N) is 2. The van der Waals surface area contributed by atoms with Gasteiger partial charge in [-0.3, -0.25) is 4.79 Å². The normalized spacial score (nSPS) is 17.3. The lowest BCUT2D eigenvalue weighted by Crippen LogP contribution is -2.31. The third-order valence-corrected chi connectivity index (χ3v) is 6.72. The topological polar surface area (TPSA) is 97.8 Å². The van der Waals surface area contributed by atoms with Crippen molar-refractivity contribution >= 4 is 28.6 Å². The first-order valence-corrected chi connectivity index (χ1v) is 12.7. The van der Waals surface area contributed by atoms with Crippen molar-refractivity contribution in [2.24, 2.45) is 5.92 Å². The van der Waals surface area contributed by atoms with Crippen LogP contribution in [-0.4, -0.2) is 56.8 Å². The number of carbonyl (C=O) groups excluding carboxylic acids is 1. The summed E-state index contributed by atoms with van der Waals surface area (Å²) in [6.07, 6.45) is 4.44. The van der Waals surface area contributed by atoms with Crippen LogP contribution >= 0.6 is 0 Å². The van der Waals surface area contributed by atoms with E-state index in [0.29, 0.717) is 41.7 Å². The monoisotopic (exact) mass is 507 g/mol. The van der Waals surface area contributed by atoms with E-state index in [4.69, 9.17) is 24.2 Å². The first-order valence-electron chi connectivity index (χ1n) is 12.7.